The summed E-state index contributed by atoms with van der Waals surface area (Å²) >= 11 is 0. The van der Waals surface area contributed by atoms with Gasteiger partial charge in [0.1, 0.15) is 5.78 Å². The summed E-state index contributed by atoms with van der Waals surface area (Å²) in [5.74, 6) is 8.70. The minimum Gasteiger partial charge on any atom is -0.504 e. The summed E-state index contributed by atoms with van der Waals surface area (Å²) in [7, 11) is 3.64. The fourth-order valence-electron chi connectivity index (χ4n) is 7.26. The first-order valence-electron chi connectivity index (χ1n) is 17.4. The van der Waals surface area contributed by atoms with Crippen LogP contribution in [0.1, 0.15) is 67.3 Å². The number of aliphatic imine (C=N–C) groups is 1. The number of ketones is 1. The number of hydrogen-bond donors (Lipinski definition) is 7. The van der Waals surface area contributed by atoms with Gasteiger partial charge >= 0.3 is 0 Å². The van der Waals surface area contributed by atoms with Crippen LogP contribution >= 0.6 is 21.6 Å². The molecule has 1 aliphatic carbocycles. The van der Waals surface area contributed by atoms with E-state index < -0.39 is 19.2 Å². The maximum atomic E-state index is 12.9. The van der Waals surface area contributed by atoms with Crippen LogP contribution in [0.3, 0.4) is 0 Å². The van der Waals surface area contributed by atoms with E-state index in [1.807, 2.05) is 27.7 Å². The Balaban J connectivity index is 1.34. The van der Waals surface area contributed by atoms with Crippen molar-refractivity contribution in [1.82, 2.24) is 10.6 Å². The third kappa shape index (κ3) is 8.26. The Hall–Kier alpha value is -3.28. The van der Waals surface area contributed by atoms with E-state index in [4.69, 9.17) is 14.5 Å². The molecule has 2 aromatic carbocycles. The number of phenols is 2. The number of guanidine groups is 1. The van der Waals surface area contributed by atoms with Crippen molar-refractivity contribution in [2.45, 2.75) is 89.7 Å². The number of aromatic hydroxyl groups is 2. The molecule has 0 amide bonds. The fourth-order valence-corrected chi connectivity index (χ4v) is 10.2. The first kappa shape index (κ1) is 36.5. The predicted molar refractivity (Wildman–Crippen MR) is 195 cm³/mol. The third-order valence-corrected chi connectivity index (χ3v) is 12.7. The second-order valence-corrected chi connectivity index (χ2v) is 16.4. The average molecular weight is 726 g/mol. The van der Waals surface area contributed by atoms with Crippen LogP contribution in [0.2, 0.25) is 0 Å². The van der Waals surface area contributed by atoms with E-state index in [1.165, 1.54) is 6.07 Å². The molecule has 11 nitrogen and oxygen atoms in total. The summed E-state index contributed by atoms with van der Waals surface area (Å²) < 4.78 is 11.5. The first-order chi connectivity index (χ1) is 24.1. The van der Waals surface area contributed by atoms with E-state index in [-0.39, 0.29) is 72.0 Å². The minimum atomic E-state index is -1.16. The van der Waals surface area contributed by atoms with Crippen molar-refractivity contribution in [3.8, 4) is 34.8 Å². The van der Waals surface area contributed by atoms with Crippen LogP contribution in [0.4, 0.5) is 0 Å². The van der Waals surface area contributed by atoms with Crippen LogP contribution in [0, 0.1) is 29.6 Å². The van der Waals surface area contributed by atoms with Crippen molar-refractivity contribution in [3.05, 3.63) is 46.0 Å². The van der Waals surface area contributed by atoms with Gasteiger partial charge in [-0.15, -0.1) is 0 Å². The number of ether oxygens (including phenoxy) is 2. The molecule has 6 rings (SSSR count). The van der Waals surface area contributed by atoms with Crippen molar-refractivity contribution in [2.24, 2.45) is 22.7 Å². The molecule has 1 saturated heterocycles. The smallest absolute Gasteiger partial charge is 0.201 e. The summed E-state index contributed by atoms with van der Waals surface area (Å²) in [6.45, 7) is 4.42. The maximum Gasteiger partial charge on any atom is 0.201 e. The van der Waals surface area contributed by atoms with Crippen LogP contribution < -0.4 is 20.1 Å². The standard InChI is InChI=1S/C37H47N3O8S2/c1-20(2)31-18-50-49-17-29(30-12-13-38-37(39-30)40-31)28-16-27-22-7-10-25(43)15-24(42)9-6-21-8-11-32(44)34(47-19-41)26(21)5-3-4-23(14-22)33(45)35(27)48-36(28)46/h8,11,14,20,25,28-31,36,41,43-46H,4,6-7,9-10,12-13,15-19H2,1-2H3,(H2,38,39,40). The first-order valence-corrected chi connectivity index (χ1v) is 19.9. The van der Waals surface area contributed by atoms with Crippen molar-refractivity contribution in [3.63, 3.8) is 0 Å². The summed E-state index contributed by atoms with van der Waals surface area (Å²) in [6.07, 6.45) is 0.627. The fraction of sp³-hybridized carbons (Fsp3) is 0.568. The van der Waals surface area contributed by atoms with Crippen LogP contribution in [0.25, 0.3) is 0 Å². The van der Waals surface area contributed by atoms with E-state index in [0.717, 1.165) is 35.0 Å². The Kier molecular flexibility index (Phi) is 12.0. The number of aryl methyl sites for hydroxylation is 2. The minimum absolute atomic E-state index is 0.00996. The Morgan fingerprint density at radius 3 is 2.64 bits per heavy atom. The lowest BCUT2D eigenvalue weighted by Crippen LogP contribution is -2.57. The summed E-state index contributed by atoms with van der Waals surface area (Å²) in [6, 6.07) is 5.34. The Bertz CT molecular complexity index is 1660. The van der Waals surface area contributed by atoms with Gasteiger partial charge in [0.2, 0.25) is 6.29 Å². The number of Topliss-reactive ketones (excluding diaryl/α,β-unsaturated/α-hetero) is 1. The molecule has 4 aliphatic rings. The molecule has 2 aromatic rings. The second kappa shape index (κ2) is 16.4. The molecule has 6 atom stereocenters. The lowest BCUT2D eigenvalue weighted by molar-refractivity contribution is -0.121. The van der Waals surface area contributed by atoms with Gasteiger partial charge in [-0.05, 0) is 61.1 Å². The lowest BCUT2D eigenvalue weighted by Gasteiger charge is -2.42. The number of nitrogens with zero attached hydrogens (tertiary/aromatic N) is 1. The highest BCUT2D eigenvalue weighted by atomic mass is 33.1. The number of benzene rings is 2. The van der Waals surface area contributed by atoms with Gasteiger partial charge in [-0.1, -0.05) is 59.4 Å². The zero-order valence-electron chi connectivity index (χ0n) is 28.5. The van der Waals surface area contributed by atoms with E-state index in [2.05, 4.69) is 36.3 Å². The molecular formula is C37H47N3O8S2. The van der Waals surface area contributed by atoms with Crippen LogP contribution in [-0.2, 0) is 30.5 Å². The van der Waals surface area contributed by atoms with Crippen molar-refractivity contribution >= 4 is 33.3 Å². The number of hydrogen-bond acceptors (Lipinski definition) is 13. The zero-order chi connectivity index (χ0) is 35.4. The van der Waals surface area contributed by atoms with E-state index in [1.54, 1.807) is 6.07 Å². The van der Waals surface area contributed by atoms with Gasteiger partial charge in [0.25, 0.3) is 0 Å². The van der Waals surface area contributed by atoms with Crippen molar-refractivity contribution in [2.75, 3.05) is 24.8 Å². The van der Waals surface area contributed by atoms with Crippen LogP contribution in [0.15, 0.2) is 23.2 Å². The highest BCUT2D eigenvalue weighted by Gasteiger charge is 2.42. The average Bonchev–Trinajstić information content (AvgIpc) is 3.09. The van der Waals surface area contributed by atoms with Gasteiger partial charge < -0.3 is 45.6 Å². The number of fused-ring (bicyclic) bond motifs is 7. The number of nitrogens with one attached hydrogen (secondary N) is 2. The number of aliphatic hydroxyl groups excluding tert-OH is 3. The topological polar surface area (TPSA) is 173 Å². The molecule has 6 unspecified atom stereocenters. The molecule has 3 heterocycles. The molecule has 0 aromatic heterocycles. The maximum absolute atomic E-state index is 12.9. The molecule has 1 fully saturated rings. The normalized spacial score (nSPS) is 27.3. The third-order valence-electron chi connectivity index (χ3n) is 10.2. The van der Waals surface area contributed by atoms with Crippen molar-refractivity contribution < 1.29 is 39.8 Å². The quantitative estimate of drug-likeness (QED) is 0.139. The Morgan fingerprint density at radius 1 is 1.02 bits per heavy atom. The van der Waals surface area contributed by atoms with E-state index >= 15 is 0 Å². The molecule has 3 aliphatic heterocycles. The zero-order valence-corrected chi connectivity index (χ0v) is 30.1. The van der Waals surface area contributed by atoms with Crippen LogP contribution in [0.5, 0.6) is 23.0 Å². The summed E-state index contributed by atoms with van der Waals surface area (Å²) in [5, 5.41) is 61.2. The molecule has 270 valence electrons. The molecule has 4 bridgehead atoms. The summed E-state index contributed by atoms with van der Waals surface area (Å²) in [5.41, 5.74) is 3.16. The number of carbonyl (C=O) groups excluding carboxylic acids is 1. The number of phenolic OH excluding ortho intramolecular Hbond substituents is 2. The Morgan fingerprint density at radius 2 is 1.84 bits per heavy atom. The number of carbonyl (C=O) groups is 1. The Labute approximate surface area is 301 Å². The van der Waals surface area contributed by atoms with E-state index in [0.29, 0.717) is 54.8 Å². The van der Waals surface area contributed by atoms with Gasteiger partial charge in [-0.25, -0.2) is 0 Å². The van der Waals surface area contributed by atoms with Gasteiger partial charge in [-0.2, -0.15) is 0 Å². The molecule has 0 saturated carbocycles. The van der Waals surface area contributed by atoms with Gasteiger partial charge in [-0.3, -0.25) is 9.79 Å². The molecular weight excluding hydrogens is 679 g/mol. The van der Waals surface area contributed by atoms with Crippen molar-refractivity contribution in [1.29, 1.82) is 0 Å². The number of rotatable bonds is 4. The van der Waals surface area contributed by atoms with Gasteiger partial charge in [0, 0.05) is 66.4 Å². The lowest BCUT2D eigenvalue weighted by atomic mass is 9.78. The molecule has 7 N–H and O–H groups in total. The largest absolute Gasteiger partial charge is 0.504 e. The molecule has 0 spiro atoms. The predicted octanol–water partition coefficient (Wildman–Crippen LogP) is 3.43. The molecule has 50 heavy (non-hydrogen) atoms. The van der Waals surface area contributed by atoms with Crippen LogP contribution in [-0.4, -0.2) is 86.6 Å². The highest BCUT2D eigenvalue weighted by molar-refractivity contribution is 8.76. The SMILES string of the molecule is CC(C)C1CSSCC(C2Cc3c4cc(c(O)c3OC2O)CC#Cc2c(ccc(O)c2OCO)CCC(=O)CC(O)CC4)C2CCN=C(N1)N2. The molecule has 0 radical (unpaired) electrons. The molecule has 13 heteroatoms. The van der Waals surface area contributed by atoms with Gasteiger partial charge in [0.15, 0.2) is 35.8 Å². The highest BCUT2D eigenvalue weighted by Crippen LogP contribution is 2.46. The second-order valence-electron chi connectivity index (χ2n) is 13.9. The van der Waals surface area contributed by atoms with Gasteiger partial charge in [0.05, 0.1) is 11.7 Å². The monoisotopic (exact) mass is 725 g/mol. The number of aliphatic hydroxyl groups is 3. The summed E-state index contributed by atoms with van der Waals surface area (Å²) in [4.78, 5) is 17.7. The van der Waals surface area contributed by atoms with E-state index in [9.17, 15) is 30.3 Å².